The largest absolute Gasteiger partial charge is 0.293 e. The van der Waals surface area contributed by atoms with Gasteiger partial charge in [-0.05, 0) is 32.0 Å². The van der Waals surface area contributed by atoms with Crippen LogP contribution in [0.5, 0.6) is 0 Å². The van der Waals surface area contributed by atoms with Crippen molar-refractivity contribution in [1.29, 1.82) is 0 Å². The summed E-state index contributed by atoms with van der Waals surface area (Å²) in [7, 11) is 0. The minimum atomic E-state index is -0.380. The Balaban J connectivity index is 1.83. The smallest absolute Gasteiger partial charge is 0.261 e. The molecule has 1 N–H and O–H groups in total. The zero-order valence-electron chi connectivity index (χ0n) is 12.8. The summed E-state index contributed by atoms with van der Waals surface area (Å²) in [6, 6.07) is 8.83. The first-order valence-electron chi connectivity index (χ1n) is 7.09. The first-order chi connectivity index (χ1) is 11.0. The van der Waals surface area contributed by atoms with Gasteiger partial charge in [0.15, 0.2) is 0 Å². The van der Waals surface area contributed by atoms with E-state index in [-0.39, 0.29) is 24.0 Å². The van der Waals surface area contributed by atoms with E-state index in [0.29, 0.717) is 10.9 Å². The summed E-state index contributed by atoms with van der Waals surface area (Å²) in [4.78, 5) is 36.9. The molecule has 0 aliphatic carbocycles. The van der Waals surface area contributed by atoms with E-state index in [1.807, 2.05) is 26.0 Å². The van der Waals surface area contributed by atoms with E-state index in [9.17, 15) is 9.59 Å². The highest BCUT2D eigenvalue weighted by molar-refractivity contribution is 5.89. The van der Waals surface area contributed by atoms with Gasteiger partial charge in [0.25, 0.3) is 5.56 Å². The van der Waals surface area contributed by atoms with Crippen molar-refractivity contribution in [3.8, 4) is 0 Å². The van der Waals surface area contributed by atoms with Gasteiger partial charge in [0.1, 0.15) is 6.54 Å². The Kier molecular flexibility index (Phi) is 3.84. The Morgan fingerprint density at radius 1 is 1.17 bits per heavy atom. The van der Waals surface area contributed by atoms with E-state index in [0.717, 1.165) is 11.4 Å². The molecule has 0 radical (unpaired) electrons. The number of nitrogens with one attached hydrogen (secondary N) is 1. The first kappa shape index (κ1) is 14.8. The van der Waals surface area contributed by atoms with E-state index >= 15 is 0 Å². The molecule has 0 saturated heterocycles. The van der Waals surface area contributed by atoms with E-state index < -0.39 is 0 Å². The SMILES string of the molecule is Cc1cc(C)nc(NC(=O)Cn2cnc3ccccc3c2=O)n1. The summed E-state index contributed by atoms with van der Waals surface area (Å²) in [6.07, 6.45) is 1.37. The topological polar surface area (TPSA) is 89.8 Å². The van der Waals surface area contributed by atoms with Crippen LogP contribution in [-0.2, 0) is 11.3 Å². The van der Waals surface area contributed by atoms with Crippen LogP contribution in [0.15, 0.2) is 41.5 Å². The molecule has 0 bridgehead atoms. The third-order valence-electron chi connectivity index (χ3n) is 3.28. The lowest BCUT2D eigenvalue weighted by Crippen LogP contribution is -2.28. The number of hydrogen-bond donors (Lipinski definition) is 1. The molecule has 0 aliphatic rings. The standard InChI is InChI=1S/C16H15N5O2/c1-10-7-11(2)19-16(18-10)20-14(22)8-21-9-17-13-6-4-3-5-12(13)15(21)23/h3-7,9H,8H2,1-2H3,(H,18,19,20,22). The van der Waals surface area contributed by atoms with E-state index in [1.54, 1.807) is 18.2 Å². The minimum absolute atomic E-state index is 0.146. The highest BCUT2D eigenvalue weighted by atomic mass is 16.2. The van der Waals surface area contributed by atoms with Gasteiger partial charge in [0.05, 0.1) is 17.2 Å². The van der Waals surface area contributed by atoms with Gasteiger partial charge in [0.2, 0.25) is 11.9 Å². The maximum absolute atomic E-state index is 12.3. The zero-order valence-corrected chi connectivity index (χ0v) is 12.8. The van der Waals surface area contributed by atoms with Crippen LogP contribution in [0, 0.1) is 13.8 Å². The van der Waals surface area contributed by atoms with Crippen LogP contribution in [0.1, 0.15) is 11.4 Å². The number of aromatic nitrogens is 4. The molecule has 0 spiro atoms. The second kappa shape index (κ2) is 5.96. The molecule has 2 heterocycles. The molecule has 3 aromatic rings. The number of benzene rings is 1. The zero-order chi connectivity index (χ0) is 16.4. The first-order valence-corrected chi connectivity index (χ1v) is 7.09. The van der Waals surface area contributed by atoms with Crippen molar-refractivity contribution < 1.29 is 4.79 Å². The van der Waals surface area contributed by atoms with Crippen molar-refractivity contribution in [2.75, 3.05) is 5.32 Å². The van der Waals surface area contributed by atoms with Crippen LogP contribution in [0.4, 0.5) is 5.95 Å². The highest BCUT2D eigenvalue weighted by Crippen LogP contribution is 2.06. The van der Waals surface area contributed by atoms with Crippen molar-refractivity contribution in [2.24, 2.45) is 0 Å². The lowest BCUT2D eigenvalue weighted by atomic mass is 10.2. The monoisotopic (exact) mass is 309 g/mol. The number of amides is 1. The average Bonchev–Trinajstić information content (AvgIpc) is 2.49. The number of fused-ring (bicyclic) bond motifs is 1. The normalized spacial score (nSPS) is 10.7. The Bertz CT molecular complexity index is 928. The molecule has 2 aromatic heterocycles. The molecule has 0 aliphatic heterocycles. The maximum Gasteiger partial charge on any atom is 0.261 e. The predicted octanol–water partition coefficient (Wildman–Crippen LogP) is 1.44. The quantitative estimate of drug-likeness (QED) is 0.790. The van der Waals surface area contributed by atoms with Gasteiger partial charge in [-0.25, -0.2) is 15.0 Å². The summed E-state index contributed by atoms with van der Waals surface area (Å²) in [5, 5.41) is 3.08. The fourth-order valence-electron chi connectivity index (χ4n) is 2.32. The molecular weight excluding hydrogens is 294 g/mol. The highest BCUT2D eigenvalue weighted by Gasteiger charge is 2.10. The summed E-state index contributed by atoms with van der Waals surface area (Å²) in [5.74, 6) is -0.150. The van der Waals surface area contributed by atoms with Crippen molar-refractivity contribution >= 4 is 22.8 Å². The molecule has 0 saturated carbocycles. The Labute approximate surface area is 132 Å². The number of hydrogen-bond acceptors (Lipinski definition) is 5. The van der Waals surface area contributed by atoms with Crippen LogP contribution in [0.2, 0.25) is 0 Å². The molecule has 23 heavy (non-hydrogen) atoms. The third-order valence-corrected chi connectivity index (χ3v) is 3.28. The van der Waals surface area contributed by atoms with E-state index in [2.05, 4.69) is 20.3 Å². The molecule has 7 heteroatoms. The maximum atomic E-state index is 12.3. The van der Waals surface area contributed by atoms with Crippen molar-refractivity contribution in [3.63, 3.8) is 0 Å². The number of nitrogens with zero attached hydrogens (tertiary/aromatic N) is 4. The Morgan fingerprint density at radius 2 is 1.87 bits per heavy atom. The number of aryl methyl sites for hydroxylation is 2. The summed E-state index contributed by atoms with van der Waals surface area (Å²) < 4.78 is 1.26. The second-order valence-corrected chi connectivity index (χ2v) is 5.22. The van der Waals surface area contributed by atoms with E-state index in [1.165, 1.54) is 10.9 Å². The number of carbonyl (C=O) groups excluding carboxylic acids is 1. The van der Waals surface area contributed by atoms with Crippen LogP contribution in [0.3, 0.4) is 0 Å². The van der Waals surface area contributed by atoms with E-state index in [4.69, 9.17) is 0 Å². The molecule has 0 fully saturated rings. The van der Waals surface area contributed by atoms with Gasteiger partial charge in [-0.1, -0.05) is 12.1 Å². The lowest BCUT2D eigenvalue weighted by Gasteiger charge is -2.08. The molecular formula is C16H15N5O2. The Morgan fingerprint density at radius 3 is 2.61 bits per heavy atom. The minimum Gasteiger partial charge on any atom is -0.293 e. The molecule has 0 unspecified atom stereocenters. The summed E-state index contributed by atoms with van der Waals surface area (Å²) >= 11 is 0. The fourth-order valence-corrected chi connectivity index (χ4v) is 2.32. The van der Waals surface area contributed by atoms with Gasteiger partial charge < -0.3 is 0 Å². The van der Waals surface area contributed by atoms with Gasteiger partial charge in [0, 0.05) is 11.4 Å². The molecule has 1 aromatic carbocycles. The summed E-state index contributed by atoms with van der Waals surface area (Å²) in [5.41, 5.74) is 1.87. The molecule has 3 rings (SSSR count). The number of carbonyl (C=O) groups is 1. The number of para-hydroxylation sites is 1. The Hall–Kier alpha value is -3.09. The number of rotatable bonds is 3. The molecule has 1 amide bonds. The molecule has 7 nitrogen and oxygen atoms in total. The van der Waals surface area contributed by atoms with Crippen LogP contribution >= 0.6 is 0 Å². The van der Waals surface area contributed by atoms with Gasteiger partial charge in [-0.3, -0.25) is 19.5 Å². The predicted molar refractivity (Wildman–Crippen MR) is 86.1 cm³/mol. The molecule has 116 valence electrons. The number of anilines is 1. The fraction of sp³-hybridized carbons (Fsp3) is 0.188. The third kappa shape index (κ3) is 3.23. The van der Waals surface area contributed by atoms with Gasteiger partial charge in [-0.2, -0.15) is 0 Å². The van der Waals surface area contributed by atoms with Crippen LogP contribution < -0.4 is 10.9 Å². The lowest BCUT2D eigenvalue weighted by molar-refractivity contribution is -0.116. The van der Waals surface area contributed by atoms with Crippen molar-refractivity contribution in [1.82, 2.24) is 19.5 Å². The van der Waals surface area contributed by atoms with Gasteiger partial charge >= 0.3 is 0 Å². The van der Waals surface area contributed by atoms with Crippen LogP contribution in [0.25, 0.3) is 10.9 Å². The van der Waals surface area contributed by atoms with Crippen molar-refractivity contribution in [3.05, 3.63) is 58.4 Å². The molecule has 0 atom stereocenters. The average molecular weight is 309 g/mol. The summed E-state index contributed by atoms with van der Waals surface area (Å²) in [6.45, 7) is 3.50. The van der Waals surface area contributed by atoms with Crippen molar-refractivity contribution in [2.45, 2.75) is 20.4 Å². The van der Waals surface area contributed by atoms with Gasteiger partial charge in [-0.15, -0.1) is 0 Å². The van der Waals surface area contributed by atoms with Crippen LogP contribution in [-0.4, -0.2) is 25.4 Å². The second-order valence-electron chi connectivity index (χ2n) is 5.22.